The van der Waals surface area contributed by atoms with E-state index in [0.29, 0.717) is 6.04 Å². The van der Waals surface area contributed by atoms with Crippen molar-refractivity contribution < 1.29 is 0 Å². The van der Waals surface area contributed by atoms with Crippen molar-refractivity contribution in [2.75, 3.05) is 0 Å². The van der Waals surface area contributed by atoms with Crippen molar-refractivity contribution >= 4 is 10.9 Å². The van der Waals surface area contributed by atoms with Crippen LogP contribution in [0.5, 0.6) is 0 Å². The van der Waals surface area contributed by atoms with Crippen molar-refractivity contribution in [2.24, 2.45) is 11.8 Å². The molecule has 1 aromatic heterocycles. The quantitative estimate of drug-likeness (QED) is 0.899. The number of hydrogen-bond acceptors (Lipinski definition) is 2. The number of rotatable bonds is 3. The number of fused-ring (bicyclic) bond motifs is 1. The molecule has 0 aliphatic heterocycles. The summed E-state index contributed by atoms with van der Waals surface area (Å²) in [4.78, 5) is 4.56. The molecule has 112 valence electrons. The summed E-state index contributed by atoms with van der Waals surface area (Å²) in [5, 5.41) is 4.99. The van der Waals surface area contributed by atoms with Crippen LogP contribution in [0.1, 0.15) is 44.4 Å². The van der Waals surface area contributed by atoms with Crippen LogP contribution in [-0.2, 0) is 6.54 Å². The number of nitrogens with zero attached hydrogens (tertiary/aromatic N) is 1. The number of benzene rings is 1. The highest BCUT2D eigenvalue weighted by atomic mass is 14.9. The van der Waals surface area contributed by atoms with Gasteiger partial charge in [0.2, 0.25) is 0 Å². The predicted octanol–water partition coefficient (Wildman–Crippen LogP) is 4.46. The summed E-state index contributed by atoms with van der Waals surface area (Å²) < 4.78 is 0. The number of hydrogen-bond donors (Lipinski definition) is 1. The van der Waals surface area contributed by atoms with Crippen LogP contribution in [0.3, 0.4) is 0 Å². The fourth-order valence-electron chi connectivity index (χ4n) is 3.38. The zero-order valence-electron chi connectivity index (χ0n) is 13.4. The fraction of sp³-hybridized carbons (Fsp3) is 0.526. The highest BCUT2D eigenvalue weighted by Crippen LogP contribution is 2.29. The molecule has 1 heterocycles. The first-order valence-corrected chi connectivity index (χ1v) is 8.21. The Morgan fingerprint density at radius 2 is 1.95 bits per heavy atom. The molecule has 1 aliphatic carbocycles. The van der Waals surface area contributed by atoms with Crippen molar-refractivity contribution in [3.8, 4) is 0 Å². The zero-order valence-corrected chi connectivity index (χ0v) is 13.4. The average Bonchev–Trinajstić information content (AvgIpc) is 2.48. The van der Waals surface area contributed by atoms with E-state index in [1.165, 1.54) is 30.2 Å². The molecule has 2 nitrogen and oxygen atoms in total. The number of nitrogens with one attached hydrogen (secondary N) is 1. The Bertz CT molecular complexity index is 620. The minimum atomic E-state index is 0.683. The fourth-order valence-corrected chi connectivity index (χ4v) is 3.38. The van der Waals surface area contributed by atoms with Crippen molar-refractivity contribution in [3.05, 3.63) is 41.6 Å². The topological polar surface area (TPSA) is 24.9 Å². The molecule has 3 rings (SSSR count). The summed E-state index contributed by atoms with van der Waals surface area (Å²) in [6.45, 7) is 7.79. The first-order chi connectivity index (χ1) is 10.1. The second kappa shape index (κ2) is 6.15. The minimum Gasteiger partial charge on any atom is -0.310 e. The molecule has 1 N–H and O–H groups in total. The molecule has 3 atom stereocenters. The molecule has 0 spiro atoms. The van der Waals surface area contributed by atoms with Crippen molar-refractivity contribution in [1.82, 2.24) is 10.3 Å². The molecule has 1 saturated carbocycles. The van der Waals surface area contributed by atoms with Crippen molar-refractivity contribution in [1.29, 1.82) is 0 Å². The lowest BCUT2D eigenvalue weighted by molar-refractivity contribution is 0.225. The maximum atomic E-state index is 4.56. The van der Waals surface area contributed by atoms with Gasteiger partial charge >= 0.3 is 0 Å². The number of aromatic nitrogens is 1. The Morgan fingerprint density at radius 1 is 1.10 bits per heavy atom. The van der Waals surface area contributed by atoms with Gasteiger partial charge in [-0.25, -0.2) is 0 Å². The van der Waals surface area contributed by atoms with Crippen LogP contribution in [-0.4, -0.2) is 11.0 Å². The number of pyridine rings is 1. The van der Waals surface area contributed by atoms with Crippen LogP contribution in [0.25, 0.3) is 10.9 Å². The summed E-state index contributed by atoms with van der Waals surface area (Å²) in [6, 6.07) is 11.6. The zero-order chi connectivity index (χ0) is 14.8. The maximum Gasteiger partial charge on any atom is 0.0705 e. The van der Waals surface area contributed by atoms with Crippen LogP contribution in [0.15, 0.2) is 30.3 Å². The van der Waals surface area contributed by atoms with E-state index >= 15 is 0 Å². The third-order valence-electron chi connectivity index (χ3n) is 5.09. The highest BCUT2D eigenvalue weighted by molar-refractivity contribution is 5.79. The summed E-state index contributed by atoms with van der Waals surface area (Å²) in [5.41, 5.74) is 3.54. The molecule has 3 unspecified atom stereocenters. The molecule has 0 amide bonds. The first-order valence-electron chi connectivity index (χ1n) is 8.21. The van der Waals surface area contributed by atoms with Gasteiger partial charge in [-0.3, -0.25) is 4.98 Å². The summed E-state index contributed by atoms with van der Waals surface area (Å²) in [6.07, 6.45) is 4.00. The molecule has 21 heavy (non-hydrogen) atoms. The molecule has 0 saturated heterocycles. The van der Waals surface area contributed by atoms with Gasteiger partial charge in [0.25, 0.3) is 0 Å². The van der Waals surface area contributed by atoms with Crippen LogP contribution < -0.4 is 5.32 Å². The normalized spacial score (nSPS) is 26.1. The average molecular weight is 282 g/mol. The first kappa shape index (κ1) is 14.5. The third kappa shape index (κ3) is 3.44. The molecular weight excluding hydrogens is 256 g/mol. The van der Waals surface area contributed by atoms with E-state index in [1.807, 2.05) is 6.92 Å². The summed E-state index contributed by atoms with van der Waals surface area (Å²) in [5.74, 6) is 1.73. The van der Waals surface area contributed by atoms with Gasteiger partial charge < -0.3 is 5.32 Å². The molecule has 2 heteroatoms. The van der Waals surface area contributed by atoms with Gasteiger partial charge in [0.05, 0.1) is 5.52 Å². The van der Waals surface area contributed by atoms with E-state index in [0.717, 1.165) is 29.6 Å². The molecule has 2 aromatic rings. The second-order valence-electron chi connectivity index (χ2n) is 6.83. The van der Waals surface area contributed by atoms with E-state index in [1.54, 1.807) is 0 Å². The van der Waals surface area contributed by atoms with Gasteiger partial charge in [-0.1, -0.05) is 26.0 Å². The van der Waals surface area contributed by atoms with Gasteiger partial charge in [0.1, 0.15) is 0 Å². The van der Waals surface area contributed by atoms with Crippen molar-refractivity contribution in [2.45, 2.75) is 52.6 Å². The predicted molar refractivity (Wildman–Crippen MR) is 89.3 cm³/mol. The maximum absolute atomic E-state index is 4.56. The Labute approximate surface area is 128 Å². The minimum absolute atomic E-state index is 0.683. The summed E-state index contributed by atoms with van der Waals surface area (Å²) in [7, 11) is 0. The van der Waals surface area contributed by atoms with Crippen molar-refractivity contribution in [3.63, 3.8) is 0 Å². The van der Waals surface area contributed by atoms with Gasteiger partial charge in [-0.2, -0.15) is 0 Å². The van der Waals surface area contributed by atoms with Crippen LogP contribution in [0.2, 0.25) is 0 Å². The van der Waals surface area contributed by atoms with E-state index < -0.39 is 0 Å². The lowest BCUT2D eigenvalue weighted by Crippen LogP contribution is -2.35. The van der Waals surface area contributed by atoms with E-state index in [-0.39, 0.29) is 0 Å². The standard InChI is InChI=1S/C19H26N2/c1-13-4-8-18(10-14(13)2)20-12-16-6-9-19-17(11-16)7-5-15(3)21-19/h5-7,9,11,13-14,18,20H,4,8,10,12H2,1-3H3. The van der Waals surface area contributed by atoms with E-state index in [9.17, 15) is 0 Å². The number of aryl methyl sites for hydroxylation is 1. The largest absolute Gasteiger partial charge is 0.310 e. The highest BCUT2D eigenvalue weighted by Gasteiger charge is 2.23. The lowest BCUT2D eigenvalue weighted by Gasteiger charge is -2.32. The lowest BCUT2D eigenvalue weighted by atomic mass is 9.79. The Balaban J connectivity index is 1.64. The molecule has 0 radical (unpaired) electrons. The molecule has 1 aliphatic rings. The smallest absolute Gasteiger partial charge is 0.0705 e. The second-order valence-corrected chi connectivity index (χ2v) is 6.83. The van der Waals surface area contributed by atoms with Gasteiger partial charge in [-0.15, -0.1) is 0 Å². The Morgan fingerprint density at radius 3 is 2.76 bits per heavy atom. The van der Waals surface area contributed by atoms with Gasteiger partial charge in [0, 0.05) is 23.7 Å². The Hall–Kier alpha value is -1.41. The van der Waals surface area contributed by atoms with Gasteiger partial charge in [-0.05, 0) is 61.8 Å². The molecule has 1 aromatic carbocycles. The Kier molecular flexibility index (Phi) is 4.25. The molecule has 0 bridgehead atoms. The monoisotopic (exact) mass is 282 g/mol. The van der Waals surface area contributed by atoms with Crippen LogP contribution in [0, 0.1) is 18.8 Å². The molecule has 1 fully saturated rings. The SMILES string of the molecule is Cc1ccc2cc(CNC3CCC(C)C(C)C3)ccc2n1. The van der Waals surface area contributed by atoms with E-state index in [2.05, 4.69) is 54.5 Å². The van der Waals surface area contributed by atoms with E-state index in [4.69, 9.17) is 0 Å². The summed E-state index contributed by atoms with van der Waals surface area (Å²) >= 11 is 0. The molecular formula is C19H26N2. The van der Waals surface area contributed by atoms with Crippen LogP contribution in [0.4, 0.5) is 0 Å². The van der Waals surface area contributed by atoms with Crippen LogP contribution >= 0.6 is 0 Å². The van der Waals surface area contributed by atoms with Gasteiger partial charge in [0.15, 0.2) is 0 Å². The third-order valence-corrected chi connectivity index (χ3v) is 5.09.